The van der Waals surface area contributed by atoms with Gasteiger partial charge in [-0.25, -0.2) is 0 Å². The monoisotopic (exact) mass is 198 g/mol. The van der Waals surface area contributed by atoms with Crippen molar-refractivity contribution in [3.63, 3.8) is 0 Å². The predicted molar refractivity (Wildman–Crippen MR) is 64.0 cm³/mol. The van der Waals surface area contributed by atoms with E-state index < -0.39 is 0 Å². The first kappa shape index (κ1) is 11.3. The highest BCUT2D eigenvalue weighted by atomic mass is 28.3. The third-order valence-electron chi connectivity index (χ3n) is 3.65. The molecule has 0 heterocycles. The Morgan fingerprint density at radius 1 is 1.15 bits per heavy atom. The van der Waals surface area contributed by atoms with E-state index >= 15 is 0 Å². The van der Waals surface area contributed by atoms with Crippen LogP contribution in [0.15, 0.2) is 0 Å². The summed E-state index contributed by atoms with van der Waals surface area (Å²) in [6.45, 7) is 7.39. The van der Waals surface area contributed by atoms with Gasteiger partial charge in [0.2, 0.25) is 0 Å². The van der Waals surface area contributed by atoms with Crippen LogP contribution in [0.1, 0.15) is 45.4 Å². The van der Waals surface area contributed by atoms with Crippen molar-refractivity contribution in [2.45, 2.75) is 64.6 Å². The largest absolute Gasteiger partial charge is 0.0722 e. The molecule has 0 spiro atoms. The van der Waals surface area contributed by atoms with Crippen molar-refractivity contribution < 1.29 is 0 Å². The summed E-state index contributed by atoms with van der Waals surface area (Å²) < 4.78 is 0. The van der Waals surface area contributed by atoms with Crippen LogP contribution in [0.5, 0.6) is 0 Å². The molecule has 0 N–H and O–H groups in total. The van der Waals surface area contributed by atoms with Crippen molar-refractivity contribution in [2.24, 2.45) is 11.8 Å². The summed E-state index contributed by atoms with van der Waals surface area (Å²) in [5.74, 6) is 2.13. The van der Waals surface area contributed by atoms with Gasteiger partial charge in [-0.05, 0) is 11.8 Å². The predicted octanol–water partition coefficient (Wildman–Crippen LogP) is 4.08. The lowest BCUT2D eigenvalue weighted by atomic mass is 9.93. The molecule has 13 heavy (non-hydrogen) atoms. The third kappa shape index (κ3) is 4.30. The topological polar surface area (TPSA) is 0 Å². The van der Waals surface area contributed by atoms with E-state index in [4.69, 9.17) is 0 Å². The maximum absolute atomic E-state index is 2.47. The van der Waals surface area contributed by atoms with Crippen LogP contribution in [0.4, 0.5) is 0 Å². The number of hydrogen-bond donors (Lipinski definition) is 0. The van der Waals surface area contributed by atoms with E-state index in [1.54, 1.807) is 6.04 Å². The van der Waals surface area contributed by atoms with Crippen LogP contribution in [0, 0.1) is 11.8 Å². The van der Waals surface area contributed by atoms with E-state index in [1.807, 2.05) is 0 Å². The van der Waals surface area contributed by atoms with Gasteiger partial charge in [0.1, 0.15) is 0 Å². The smallest absolute Gasteiger partial charge is 0.0305 e. The molecule has 0 radical (unpaired) electrons. The van der Waals surface area contributed by atoms with Crippen LogP contribution in [-0.2, 0) is 0 Å². The van der Waals surface area contributed by atoms with Crippen LogP contribution in [0.3, 0.4) is 0 Å². The third-order valence-corrected chi connectivity index (χ3v) is 5.21. The molecular formula is C12H26Si. The summed E-state index contributed by atoms with van der Waals surface area (Å²) in [5.41, 5.74) is 0. The molecule has 1 fully saturated rings. The Labute approximate surface area is 85.7 Å². The molecule has 1 rings (SSSR count). The minimum atomic E-state index is -0.251. The summed E-state index contributed by atoms with van der Waals surface area (Å²) in [6, 6.07) is 1.57. The standard InChI is InChI=1S/C12H26Si/c1-11-7-6-9-12(11)8-4-5-10-13(2)3/h11-13H,4-10H2,1-3H3. The van der Waals surface area contributed by atoms with Crippen molar-refractivity contribution in [3.05, 3.63) is 0 Å². The van der Waals surface area contributed by atoms with Crippen molar-refractivity contribution in [1.29, 1.82) is 0 Å². The zero-order chi connectivity index (χ0) is 9.68. The maximum Gasteiger partial charge on any atom is 0.0305 e. The fourth-order valence-corrected chi connectivity index (χ4v) is 3.72. The molecule has 0 nitrogen and oxygen atoms in total. The average molecular weight is 198 g/mol. The van der Waals surface area contributed by atoms with Crippen LogP contribution in [0.2, 0.25) is 19.1 Å². The van der Waals surface area contributed by atoms with Crippen LogP contribution in [-0.4, -0.2) is 8.80 Å². The summed E-state index contributed by atoms with van der Waals surface area (Å²) in [5, 5.41) is 0. The van der Waals surface area contributed by atoms with E-state index in [0.29, 0.717) is 0 Å². The second-order valence-electron chi connectivity index (χ2n) is 5.35. The Morgan fingerprint density at radius 3 is 2.46 bits per heavy atom. The molecule has 1 aliphatic rings. The van der Waals surface area contributed by atoms with Gasteiger partial charge in [-0.1, -0.05) is 64.6 Å². The molecule has 0 amide bonds. The number of unbranched alkanes of at least 4 members (excludes halogenated alkanes) is 1. The van der Waals surface area contributed by atoms with Gasteiger partial charge in [-0.15, -0.1) is 0 Å². The second kappa shape index (κ2) is 5.84. The van der Waals surface area contributed by atoms with Gasteiger partial charge < -0.3 is 0 Å². The van der Waals surface area contributed by atoms with E-state index in [9.17, 15) is 0 Å². The van der Waals surface area contributed by atoms with Gasteiger partial charge in [0.15, 0.2) is 0 Å². The minimum absolute atomic E-state index is 0.251. The van der Waals surface area contributed by atoms with Gasteiger partial charge in [0.25, 0.3) is 0 Å². The molecule has 0 saturated heterocycles. The van der Waals surface area contributed by atoms with Crippen molar-refractivity contribution in [3.8, 4) is 0 Å². The molecule has 0 aromatic heterocycles. The van der Waals surface area contributed by atoms with Crippen LogP contribution in [0.25, 0.3) is 0 Å². The molecule has 0 bridgehead atoms. The van der Waals surface area contributed by atoms with Gasteiger partial charge in [-0.3, -0.25) is 0 Å². The van der Waals surface area contributed by atoms with Crippen LogP contribution >= 0.6 is 0 Å². The van der Waals surface area contributed by atoms with E-state index in [1.165, 1.54) is 38.5 Å². The van der Waals surface area contributed by atoms with E-state index in [2.05, 4.69) is 20.0 Å². The molecule has 1 heteroatoms. The van der Waals surface area contributed by atoms with E-state index in [0.717, 1.165) is 11.8 Å². The first-order valence-electron chi connectivity index (χ1n) is 6.20. The van der Waals surface area contributed by atoms with Crippen LogP contribution < -0.4 is 0 Å². The van der Waals surface area contributed by atoms with Gasteiger partial charge in [0, 0.05) is 8.80 Å². The molecule has 0 aliphatic heterocycles. The lowest BCUT2D eigenvalue weighted by molar-refractivity contribution is 0.380. The molecule has 0 aromatic carbocycles. The average Bonchev–Trinajstić information content (AvgIpc) is 2.45. The highest BCUT2D eigenvalue weighted by Crippen LogP contribution is 2.34. The summed E-state index contributed by atoms with van der Waals surface area (Å²) in [7, 11) is -0.251. The Balaban J connectivity index is 1.99. The Hall–Kier alpha value is 0.217. The Kier molecular flexibility index (Phi) is 5.08. The summed E-state index contributed by atoms with van der Waals surface area (Å²) in [4.78, 5) is 0. The lowest BCUT2D eigenvalue weighted by Gasteiger charge is -2.14. The zero-order valence-corrected chi connectivity index (χ0v) is 10.8. The molecule has 78 valence electrons. The summed E-state index contributed by atoms with van der Waals surface area (Å²) in [6.07, 6.45) is 9.10. The van der Waals surface area contributed by atoms with Crippen molar-refractivity contribution in [2.75, 3.05) is 0 Å². The quantitative estimate of drug-likeness (QED) is 0.461. The molecule has 1 aliphatic carbocycles. The minimum Gasteiger partial charge on any atom is -0.0722 e. The molecule has 1 saturated carbocycles. The Bertz CT molecular complexity index is 131. The molecular weight excluding hydrogens is 172 g/mol. The summed E-state index contributed by atoms with van der Waals surface area (Å²) >= 11 is 0. The normalized spacial score (nSPS) is 28.6. The fourth-order valence-electron chi connectivity index (χ4n) is 2.61. The van der Waals surface area contributed by atoms with Gasteiger partial charge >= 0.3 is 0 Å². The van der Waals surface area contributed by atoms with E-state index in [-0.39, 0.29) is 8.80 Å². The molecule has 2 atom stereocenters. The van der Waals surface area contributed by atoms with Crippen molar-refractivity contribution in [1.82, 2.24) is 0 Å². The number of rotatable bonds is 5. The lowest BCUT2D eigenvalue weighted by Crippen LogP contribution is -2.04. The Morgan fingerprint density at radius 2 is 1.92 bits per heavy atom. The maximum atomic E-state index is 2.47. The highest BCUT2D eigenvalue weighted by Gasteiger charge is 2.22. The SMILES string of the molecule is CC1CCCC1CCCC[SiH](C)C. The van der Waals surface area contributed by atoms with Crippen molar-refractivity contribution >= 4 is 8.80 Å². The molecule has 2 unspecified atom stereocenters. The highest BCUT2D eigenvalue weighted by molar-refractivity contribution is 6.55. The fraction of sp³-hybridized carbons (Fsp3) is 1.00. The first-order chi connectivity index (χ1) is 6.20. The number of hydrogen-bond acceptors (Lipinski definition) is 0. The first-order valence-corrected chi connectivity index (χ1v) is 9.32. The second-order valence-corrected chi connectivity index (χ2v) is 8.71. The zero-order valence-electron chi connectivity index (χ0n) is 9.68. The van der Waals surface area contributed by atoms with Gasteiger partial charge in [0.05, 0.1) is 0 Å². The van der Waals surface area contributed by atoms with Gasteiger partial charge in [-0.2, -0.15) is 0 Å². The molecule has 0 aromatic rings.